The van der Waals surface area contributed by atoms with Crippen LogP contribution in [0.1, 0.15) is 24.8 Å². The molecule has 1 aromatic heterocycles. The van der Waals surface area contributed by atoms with Crippen LogP contribution in [0.2, 0.25) is 0 Å². The lowest BCUT2D eigenvalue weighted by Crippen LogP contribution is -2.38. The molecule has 118 valence electrons. The number of hydrogen-bond donors (Lipinski definition) is 0. The molecule has 1 aliphatic rings. The predicted octanol–water partition coefficient (Wildman–Crippen LogP) is 2.96. The number of hydrogen-bond acceptors (Lipinski definition) is 4. The Morgan fingerprint density at radius 3 is 2.64 bits per heavy atom. The van der Waals surface area contributed by atoms with Gasteiger partial charge in [0, 0.05) is 30.9 Å². The Labute approximate surface area is 130 Å². The maximum Gasteiger partial charge on any atom is 0.194 e. The first-order valence-electron chi connectivity index (χ1n) is 7.71. The lowest BCUT2D eigenvalue weighted by Gasteiger charge is -2.37. The van der Waals surface area contributed by atoms with Crippen LogP contribution >= 0.6 is 0 Å². The van der Waals surface area contributed by atoms with Crippen molar-refractivity contribution in [3.63, 3.8) is 0 Å². The molecule has 1 aromatic carbocycles. The van der Waals surface area contributed by atoms with Gasteiger partial charge in [0.25, 0.3) is 0 Å². The molecular formula is C17H22N2O3. The highest BCUT2D eigenvalue weighted by atomic mass is 16.7. The summed E-state index contributed by atoms with van der Waals surface area (Å²) >= 11 is 0. The third-order valence-electron chi connectivity index (χ3n) is 3.97. The summed E-state index contributed by atoms with van der Waals surface area (Å²) < 4.78 is 19.4. The summed E-state index contributed by atoms with van der Waals surface area (Å²) in [6.45, 7) is 2.37. The molecule has 0 N–H and O–H groups in total. The molecule has 22 heavy (non-hydrogen) atoms. The van der Waals surface area contributed by atoms with Gasteiger partial charge in [0.1, 0.15) is 5.75 Å². The van der Waals surface area contributed by atoms with Gasteiger partial charge in [-0.3, -0.25) is 0 Å². The van der Waals surface area contributed by atoms with Crippen LogP contribution in [-0.2, 0) is 21.8 Å². The average molecular weight is 302 g/mol. The third kappa shape index (κ3) is 3.31. The van der Waals surface area contributed by atoms with Gasteiger partial charge in [-0.05, 0) is 37.1 Å². The number of rotatable bonds is 6. The van der Waals surface area contributed by atoms with Crippen molar-refractivity contribution >= 4 is 0 Å². The summed E-state index contributed by atoms with van der Waals surface area (Å²) in [5, 5.41) is 0. The van der Waals surface area contributed by atoms with Gasteiger partial charge in [0.05, 0.1) is 26.7 Å². The second-order valence-corrected chi connectivity index (χ2v) is 5.44. The second-order valence-electron chi connectivity index (χ2n) is 5.44. The molecule has 0 amide bonds. The minimum absolute atomic E-state index is 0.634. The maximum absolute atomic E-state index is 6.06. The molecule has 0 saturated carbocycles. The van der Waals surface area contributed by atoms with Crippen LogP contribution in [0.25, 0.3) is 0 Å². The highest BCUT2D eigenvalue weighted by molar-refractivity contribution is 5.30. The minimum atomic E-state index is -0.634. The van der Waals surface area contributed by atoms with Gasteiger partial charge in [-0.2, -0.15) is 0 Å². The van der Waals surface area contributed by atoms with Crippen LogP contribution in [0.4, 0.5) is 0 Å². The quantitative estimate of drug-likeness (QED) is 0.823. The third-order valence-corrected chi connectivity index (χ3v) is 3.97. The minimum Gasteiger partial charge on any atom is -0.497 e. The fourth-order valence-corrected chi connectivity index (χ4v) is 2.79. The van der Waals surface area contributed by atoms with Crippen molar-refractivity contribution in [1.82, 2.24) is 9.55 Å². The molecule has 5 nitrogen and oxygen atoms in total. The molecule has 1 saturated heterocycles. The first kappa shape index (κ1) is 15.1. The lowest BCUT2D eigenvalue weighted by atomic mass is 9.99. The van der Waals surface area contributed by atoms with Gasteiger partial charge in [-0.15, -0.1) is 0 Å². The summed E-state index contributed by atoms with van der Waals surface area (Å²) in [4.78, 5) is 4.07. The van der Waals surface area contributed by atoms with Crippen molar-refractivity contribution in [3.05, 3.63) is 48.5 Å². The van der Waals surface area contributed by atoms with Crippen molar-refractivity contribution in [2.45, 2.75) is 31.6 Å². The number of imidazole rings is 1. The van der Waals surface area contributed by atoms with E-state index in [2.05, 4.69) is 9.55 Å². The number of benzene rings is 1. The van der Waals surface area contributed by atoms with Crippen LogP contribution in [0.5, 0.6) is 5.75 Å². The SMILES string of the molecule is COc1ccc(C2(CCCn3ccnc3)OCCCO2)cc1. The van der Waals surface area contributed by atoms with Crippen LogP contribution in [0.3, 0.4) is 0 Å². The number of aryl methyl sites for hydroxylation is 1. The normalized spacial score (nSPS) is 17.3. The van der Waals surface area contributed by atoms with E-state index in [4.69, 9.17) is 14.2 Å². The molecule has 0 spiro atoms. The van der Waals surface area contributed by atoms with Gasteiger partial charge >= 0.3 is 0 Å². The Balaban J connectivity index is 1.71. The van der Waals surface area contributed by atoms with Crippen molar-refractivity contribution in [2.75, 3.05) is 20.3 Å². The fourth-order valence-electron chi connectivity index (χ4n) is 2.79. The average Bonchev–Trinajstić information content (AvgIpc) is 3.09. The molecule has 5 heteroatoms. The van der Waals surface area contributed by atoms with E-state index in [1.54, 1.807) is 13.3 Å². The fraction of sp³-hybridized carbons (Fsp3) is 0.471. The van der Waals surface area contributed by atoms with Gasteiger partial charge in [-0.25, -0.2) is 4.98 Å². The zero-order chi connectivity index (χ0) is 15.3. The number of methoxy groups -OCH3 is 1. The Morgan fingerprint density at radius 1 is 1.23 bits per heavy atom. The van der Waals surface area contributed by atoms with E-state index < -0.39 is 5.79 Å². The van der Waals surface area contributed by atoms with Gasteiger partial charge in [-0.1, -0.05) is 0 Å². The highest BCUT2D eigenvalue weighted by Crippen LogP contribution is 2.36. The van der Waals surface area contributed by atoms with Crippen LogP contribution < -0.4 is 4.74 Å². The largest absolute Gasteiger partial charge is 0.497 e. The van der Waals surface area contributed by atoms with Crippen molar-refractivity contribution in [2.24, 2.45) is 0 Å². The van der Waals surface area contributed by atoms with E-state index in [-0.39, 0.29) is 0 Å². The number of nitrogens with zero attached hydrogens (tertiary/aromatic N) is 2. The van der Waals surface area contributed by atoms with Crippen molar-refractivity contribution in [1.29, 1.82) is 0 Å². The van der Waals surface area contributed by atoms with Gasteiger partial charge in [0.15, 0.2) is 5.79 Å². The van der Waals surface area contributed by atoms with E-state index in [1.165, 1.54) is 0 Å². The first-order chi connectivity index (χ1) is 10.8. The zero-order valence-corrected chi connectivity index (χ0v) is 12.9. The second kappa shape index (κ2) is 6.94. The van der Waals surface area contributed by atoms with Crippen LogP contribution in [-0.4, -0.2) is 29.9 Å². The maximum atomic E-state index is 6.06. The van der Waals surface area contributed by atoms with E-state index in [0.717, 1.165) is 50.3 Å². The molecule has 1 aliphatic heterocycles. The van der Waals surface area contributed by atoms with Gasteiger partial charge in [0.2, 0.25) is 0 Å². The molecule has 0 bridgehead atoms. The topological polar surface area (TPSA) is 45.5 Å². The first-order valence-corrected chi connectivity index (χ1v) is 7.71. The van der Waals surface area contributed by atoms with Crippen LogP contribution in [0.15, 0.2) is 43.0 Å². The van der Waals surface area contributed by atoms with Crippen LogP contribution in [0, 0.1) is 0 Å². The summed E-state index contributed by atoms with van der Waals surface area (Å²) in [5.41, 5.74) is 1.05. The van der Waals surface area contributed by atoms with Gasteiger partial charge < -0.3 is 18.8 Å². The summed E-state index contributed by atoms with van der Waals surface area (Å²) in [6.07, 6.45) is 8.33. The van der Waals surface area contributed by atoms with E-state index in [0.29, 0.717) is 0 Å². The predicted molar refractivity (Wildman–Crippen MR) is 82.7 cm³/mol. The van der Waals surface area contributed by atoms with E-state index >= 15 is 0 Å². The molecule has 0 unspecified atom stereocenters. The van der Waals surface area contributed by atoms with Crippen molar-refractivity contribution < 1.29 is 14.2 Å². The lowest BCUT2D eigenvalue weighted by molar-refractivity contribution is -0.280. The summed E-state index contributed by atoms with van der Waals surface area (Å²) in [7, 11) is 1.67. The molecule has 1 fully saturated rings. The Bertz CT molecular complexity index is 560. The monoisotopic (exact) mass is 302 g/mol. The summed E-state index contributed by atoms with van der Waals surface area (Å²) in [6, 6.07) is 7.96. The molecule has 2 heterocycles. The standard InChI is InChI=1S/C17H22N2O3/c1-20-16-6-4-15(5-7-16)17(21-12-3-13-22-17)8-2-10-19-11-9-18-14-19/h4-7,9,11,14H,2-3,8,10,12-13H2,1H3. The Hall–Kier alpha value is -1.85. The molecule has 0 atom stereocenters. The zero-order valence-electron chi connectivity index (χ0n) is 12.9. The molecule has 0 radical (unpaired) electrons. The smallest absolute Gasteiger partial charge is 0.194 e. The van der Waals surface area contributed by atoms with Crippen molar-refractivity contribution in [3.8, 4) is 5.75 Å². The van der Waals surface area contributed by atoms with E-state index in [1.807, 2.05) is 36.8 Å². The summed E-state index contributed by atoms with van der Waals surface area (Å²) in [5.74, 6) is 0.207. The molecule has 2 aromatic rings. The molecular weight excluding hydrogens is 280 g/mol. The number of aromatic nitrogens is 2. The van der Waals surface area contributed by atoms with E-state index in [9.17, 15) is 0 Å². The molecule has 3 rings (SSSR count). The Kier molecular flexibility index (Phi) is 4.75. The Morgan fingerprint density at radius 2 is 2.00 bits per heavy atom. The highest BCUT2D eigenvalue weighted by Gasteiger charge is 2.36. The number of ether oxygens (including phenoxy) is 3. The molecule has 0 aliphatic carbocycles.